The molecule has 2 aromatic rings. The molecule has 0 unspecified atom stereocenters. The number of carbonyl (C=O) groups excluding carboxylic acids is 1. The van der Waals surface area contributed by atoms with Crippen molar-refractivity contribution in [3.05, 3.63) is 52.6 Å². The van der Waals surface area contributed by atoms with Crippen LogP contribution in [0.2, 0.25) is 0 Å². The smallest absolute Gasteiger partial charge is 0.222 e. The van der Waals surface area contributed by atoms with Crippen LogP contribution in [0.1, 0.15) is 28.9 Å². The van der Waals surface area contributed by atoms with Crippen molar-refractivity contribution in [2.45, 2.75) is 33.2 Å². The summed E-state index contributed by atoms with van der Waals surface area (Å²) in [7, 11) is 3.68. The van der Waals surface area contributed by atoms with Crippen LogP contribution in [0.25, 0.3) is 0 Å². The summed E-state index contributed by atoms with van der Waals surface area (Å²) in [5, 5.41) is 4.37. The van der Waals surface area contributed by atoms with Crippen molar-refractivity contribution in [2.24, 2.45) is 7.05 Å². The molecule has 0 aliphatic carbocycles. The second kappa shape index (κ2) is 6.73. The average molecular weight is 303 g/mol. The number of aromatic nitrogens is 2. The largest absolute Gasteiger partial charge is 0.341 e. The van der Waals surface area contributed by atoms with Gasteiger partial charge in [-0.1, -0.05) is 12.1 Å². The van der Waals surface area contributed by atoms with E-state index < -0.39 is 0 Å². The fourth-order valence-corrected chi connectivity index (χ4v) is 2.55. The van der Waals surface area contributed by atoms with Crippen molar-refractivity contribution < 1.29 is 9.18 Å². The van der Waals surface area contributed by atoms with Gasteiger partial charge in [-0.15, -0.1) is 0 Å². The molecular formula is C17H22FN3O. The van der Waals surface area contributed by atoms with Crippen LogP contribution in [0, 0.1) is 19.7 Å². The molecule has 0 spiro atoms. The molecule has 118 valence electrons. The lowest BCUT2D eigenvalue weighted by Gasteiger charge is -2.17. The van der Waals surface area contributed by atoms with Crippen molar-refractivity contribution >= 4 is 5.91 Å². The molecule has 0 saturated carbocycles. The van der Waals surface area contributed by atoms with Gasteiger partial charge in [-0.05, 0) is 43.5 Å². The Balaban J connectivity index is 1.92. The highest BCUT2D eigenvalue weighted by atomic mass is 19.1. The van der Waals surface area contributed by atoms with Gasteiger partial charge in [-0.25, -0.2) is 4.39 Å². The topological polar surface area (TPSA) is 38.1 Å². The molecule has 1 heterocycles. The maximum Gasteiger partial charge on any atom is 0.222 e. The number of benzene rings is 1. The molecule has 5 heteroatoms. The van der Waals surface area contributed by atoms with E-state index in [0.717, 1.165) is 22.5 Å². The highest BCUT2D eigenvalue weighted by Crippen LogP contribution is 2.15. The predicted octanol–water partition coefficient (Wildman–Crippen LogP) is 2.77. The van der Waals surface area contributed by atoms with E-state index in [9.17, 15) is 9.18 Å². The fourth-order valence-electron chi connectivity index (χ4n) is 2.55. The van der Waals surface area contributed by atoms with E-state index in [1.807, 2.05) is 25.6 Å². The molecule has 0 saturated heterocycles. The van der Waals surface area contributed by atoms with Crippen LogP contribution in [0.4, 0.5) is 4.39 Å². The Hall–Kier alpha value is -2.17. The summed E-state index contributed by atoms with van der Waals surface area (Å²) in [6.45, 7) is 4.47. The molecular weight excluding hydrogens is 281 g/mol. The molecule has 0 bridgehead atoms. The fraction of sp³-hybridized carbons (Fsp3) is 0.412. The first-order chi connectivity index (χ1) is 10.4. The van der Waals surface area contributed by atoms with Gasteiger partial charge in [0.25, 0.3) is 0 Å². The van der Waals surface area contributed by atoms with E-state index in [1.54, 1.807) is 24.1 Å². The minimum atomic E-state index is -0.264. The van der Waals surface area contributed by atoms with Gasteiger partial charge in [0.2, 0.25) is 5.91 Å². The second-order valence-electron chi connectivity index (χ2n) is 5.65. The zero-order chi connectivity index (χ0) is 16.3. The molecule has 0 radical (unpaired) electrons. The number of hydrogen-bond acceptors (Lipinski definition) is 2. The maximum absolute atomic E-state index is 12.9. The first-order valence-corrected chi connectivity index (χ1v) is 7.36. The van der Waals surface area contributed by atoms with Crippen LogP contribution in [0.5, 0.6) is 0 Å². The van der Waals surface area contributed by atoms with E-state index >= 15 is 0 Å². The minimum absolute atomic E-state index is 0.0759. The monoisotopic (exact) mass is 303 g/mol. The van der Waals surface area contributed by atoms with Crippen molar-refractivity contribution in [1.82, 2.24) is 14.7 Å². The second-order valence-corrected chi connectivity index (χ2v) is 5.65. The lowest BCUT2D eigenvalue weighted by Crippen LogP contribution is -2.26. The third-order valence-electron chi connectivity index (χ3n) is 4.01. The number of hydrogen-bond donors (Lipinski definition) is 0. The molecule has 1 aromatic carbocycles. The molecule has 22 heavy (non-hydrogen) atoms. The van der Waals surface area contributed by atoms with E-state index in [1.165, 1.54) is 12.1 Å². The third kappa shape index (κ3) is 3.72. The predicted molar refractivity (Wildman–Crippen MR) is 83.9 cm³/mol. The van der Waals surface area contributed by atoms with E-state index in [-0.39, 0.29) is 11.7 Å². The Morgan fingerprint density at radius 3 is 2.45 bits per heavy atom. The molecule has 0 aliphatic rings. The highest BCUT2D eigenvalue weighted by molar-refractivity contribution is 5.76. The number of nitrogens with zero attached hydrogens (tertiary/aromatic N) is 3. The number of rotatable bonds is 5. The summed E-state index contributed by atoms with van der Waals surface area (Å²) < 4.78 is 14.7. The van der Waals surface area contributed by atoms with E-state index in [4.69, 9.17) is 0 Å². The minimum Gasteiger partial charge on any atom is -0.341 e. The Labute approximate surface area is 130 Å². The molecule has 0 fully saturated rings. The summed E-state index contributed by atoms with van der Waals surface area (Å²) >= 11 is 0. The van der Waals surface area contributed by atoms with Gasteiger partial charge in [0.1, 0.15) is 5.82 Å². The summed E-state index contributed by atoms with van der Waals surface area (Å²) in [6.07, 6.45) is 1.14. The van der Waals surface area contributed by atoms with Gasteiger partial charge in [-0.3, -0.25) is 9.48 Å². The Kier molecular flexibility index (Phi) is 4.96. The van der Waals surface area contributed by atoms with Crippen LogP contribution in [0.3, 0.4) is 0 Å². The van der Waals surface area contributed by atoms with Crippen LogP contribution in [-0.4, -0.2) is 27.6 Å². The summed E-state index contributed by atoms with van der Waals surface area (Å²) in [6, 6.07) is 6.23. The van der Waals surface area contributed by atoms with Gasteiger partial charge in [-0.2, -0.15) is 5.10 Å². The third-order valence-corrected chi connectivity index (χ3v) is 4.01. The first kappa shape index (κ1) is 16.2. The van der Waals surface area contributed by atoms with Gasteiger partial charge < -0.3 is 4.90 Å². The SMILES string of the molecule is Cc1nn(C)c(C)c1CCC(=O)N(C)Cc1ccc(F)cc1. The molecule has 1 amide bonds. The van der Waals surface area contributed by atoms with Gasteiger partial charge >= 0.3 is 0 Å². The first-order valence-electron chi connectivity index (χ1n) is 7.36. The number of carbonyl (C=O) groups is 1. The maximum atomic E-state index is 12.9. The van der Waals surface area contributed by atoms with E-state index in [2.05, 4.69) is 5.10 Å². The Morgan fingerprint density at radius 1 is 1.27 bits per heavy atom. The van der Waals surface area contributed by atoms with E-state index in [0.29, 0.717) is 19.4 Å². The lowest BCUT2D eigenvalue weighted by atomic mass is 10.1. The molecule has 1 aromatic heterocycles. The highest BCUT2D eigenvalue weighted by Gasteiger charge is 2.14. The molecule has 2 rings (SSSR count). The standard InChI is InChI=1S/C17H22FN3O/c1-12-16(13(2)21(4)19-12)9-10-17(22)20(3)11-14-5-7-15(18)8-6-14/h5-8H,9-11H2,1-4H3. The summed E-state index contributed by atoms with van der Waals surface area (Å²) in [5.74, 6) is -0.188. The Morgan fingerprint density at radius 2 is 1.91 bits per heavy atom. The van der Waals surface area contributed by atoms with Crippen molar-refractivity contribution in [3.63, 3.8) is 0 Å². The molecule has 0 atom stereocenters. The summed E-state index contributed by atoms with van der Waals surface area (Å²) in [4.78, 5) is 13.9. The quantitative estimate of drug-likeness (QED) is 0.852. The van der Waals surface area contributed by atoms with Crippen molar-refractivity contribution in [3.8, 4) is 0 Å². The van der Waals surface area contributed by atoms with Crippen molar-refractivity contribution in [1.29, 1.82) is 0 Å². The van der Waals surface area contributed by atoms with Gasteiger partial charge in [0.05, 0.1) is 5.69 Å². The Bertz CT molecular complexity index is 661. The van der Waals surface area contributed by atoms with Gasteiger partial charge in [0.15, 0.2) is 0 Å². The normalized spacial score (nSPS) is 10.8. The zero-order valence-electron chi connectivity index (χ0n) is 13.6. The van der Waals surface area contributed by atoms with Crippen LogP contribution >= 0.6 is 0 Å². The summed E-state index contributed by atoms with van der Waals surface area (Å²) in [5.41, 5.74) is 4.15. The van der Waals surface area contributed by atoms with Crippen LogP contribution < -0.4 is 0 Å². The lowest BCUT2D eigenvalue weighted by molar-refractivity contribution is -0.130. The average Bonchev–Trinajstić information content (AvgIpc) is 2.72. The zero-order valence-corrected chi connectivity index (χ0v) is 13.6. The number of amides is 1. The molecule has 0 aliphatic heterocycles. The van der Waals surface area contributed by atoms with Gasteiger partial charge in [0, 0.05) is 32.8 Å². The number of halogens is 1. The molecule has 4 nitrogen and oxygen atoms in total. The van der Waals surface area contributed by atoms with Crippen LogP contribution in [0.15, 0.2) is 24.3 Å². The van der Waals surface area contributed by atoms with Crippen molar-refractivity contribution in [2.75, 3.05) is 7.05 Å². The number of aryl methyl sites for hydroxylation is 2. The van der Waals surface area contributed by atoms with Crippen LogP contribution in [-0.2, 0) is 24.8 Å². The molecule has 0 N–H and O–H groups in total.